The number of hydrogen-bond donors (Lipinski definition) is 0. The van der Waals surface area contributed by atoms with E-state index in [9.17, 15) is 0 Å². The Balaban J connectivity index is 1.14. The zero-order chi connectivity index (χ0) is 37.0. The molecule has 262 valence electrons. The van der Waals surface area contributed by atoms with Crippen LogP contribution < -0.4 is 0 Å². The average Bonchev–Trinajstić information content (AvgIpc) is 3.85. The second-order valence-electron chi connectivity index (χ2n) is 14.1. The van der Waals surface area contributed by atoms with E-state index in [-0.39, 0.29) is 0 Å². The molecule has 4 nitrogen and oxygen atoms in total. The van der Waals surface area contributed by atoms with Crippen LogP contribution in [0.1, 0.15) is 0 Å². The van der Waals surface area contributed by atoms with Gasteiger partial charge in [0, 0.05) is 38.2 Å². The maximum absolute atomic E-state index is 6.32. The van der Waals surface area contributed by atoms with Crippen LogP contribution in [0.25, 0.3) is 111 Å². The lowest BCUT2D eigenvalue weighted by atomic mass is 9.92. The largest absolute Gasteiger partial charge is 0.456 e. The van der Waals surface area contributed by atoms with Gasteiger partial charge in [-0.25, -0.2) is 9.97 Å². The number of para-hydroxylation sites is 2. The van der Waals surface area contributed by atoms with Crippen LogP contribution in [0.2, 0.25) is 0 Å². The molecule has 0 radical (unpaired) electrons. The third-order valence-corrected chi connectivity index (χ3v) is 10.7. The van der Waals surface area contributed by atoms with Crippen molar-refractivity contribution >= 4 is 43.9 Å². The number of rotatable bonds is 6. The SMILES string of the molecule is c1ccc(-c2cc(-c3ccc4oc5ccccc5c4c3)cc(-c3cc(-c4ccccc4-c4cccc5oc6ccccc6c45)nc(-c4ccccc4)n3)c2)cc1. The van der Waals surface area contributed by atoms with Gasteiger partial charge in [0.15, 0.2) is 5.82 Å². The topological polar surface area (TPSA) is 52.1 Å². The molecule has 11 rings (SSSR count). The number of furan rings is 2. The lowest BCUT2D eigenvalue weighted by Gasteiger charge is -2.15. The van der Waals surface area contributed by atoms with E-state index in [1.807, 2.05) is 48.5 Å². The first kappa shape index (κ1) is 31.9. The van der Waals surface area contributed by atoms with Gasteiger partial charge in [0.05, 0.1) is 11.4 Å². The van der Waals surface area contributed by atoms with Crippen molar-refractivity contribution < 1.29 is 8.83 Å². The highest BCUT2D eigenvalue weighted by atomic mass is 16.3. The normalized spacial score (nSPS) is 11.6. The standard InChI is InChI=1S/C52H32N2O2/c1-3-14-33(15-4-1)36-28-37(35-26-27-49-44(31-35)41-20-9-11-23-47(41)55-49)30-38(29-36)45-32-46(54-52(53-45)34-16-5-2-6-17-34)40-19-8-7-18-39(40)42-22-13-25-50-51(42)43-21-10-12-24-48(43)56-50/h1-32H. The molecule has 3 heterocycles. The number of hydrogen-bond acceptors (Lipinski definition) is 4. The van der Waals surface area contributed by atoms with Crippen LogP contribution in [0.4, 0.5) is 0 Å². The van der Waals surface area contributed by atoms with Gasteiger partial charge in [-0.15, -0.1) is 0 Å². The lowest BCUT2D eigenvalue weighted by molar-refractivity contribution is 0.668. The molecule has 0 amide bonds. The van der Waals surface area contributed by atoms with Crippen molar-refractivity contribution in [3.05, 3.63) is 194 Å². The number of fused-ring (bicyclic) bond motifs is 6. The van der Waals surface area contributed by atoms with E-state index in [0.717, 1.165) is 105 Å². The molecule has 0 aliphatic carbocycles. The van der Waals surface area contributed by atoms with Crippen molar-refractivity contribution in [2.75, 3.05) is 0 Å². The molecular formula is C52H32N2O2. The van der Waals surface area contributed by atoms with E-state index >= 15 is 0 Å². The third-order valence-electron chi connectivity index (χ3n) is 10.7. The molecule has 0 saturated heterocycles. The molecule has 0 bridgehead atoms. The molecule has 0 fully saturated rings. The van der Waals surface area contributed by atoms with Crippen molar-refractivity contribution in [1.29, 1.82) is 0 Å². The van der Waals surface area contributed by atoms with Crippen LogP contribution in [0.15, 0.2) is 203 Å². The highest BCUT2D eigenvalue weighted by molar-refractivity contribution is 6.13. The minimum Gasteiger partial charge on any atom is -0.456 e. The first-order chi connectivity index (χ1) is 27.7. The van der Waals surface area contributed by atoms with Crippen LogP contribution in [0.3, 0.4) is 0 Å². The number of benzene rings is 8. The second kappa shape index (κ2) is 13.1. The molecule has 0 unspecified atom stereocenters. The maximum Gasteiger partial charge on any atom is 0.160 e. The van der Waals surface area contributed by atoms with E-state index in [1.165, 1.54) is 0 Å². The Morgan fingerprint density at radius 2 is 0.839 bits per heavy atom. The summed E-state index contributed by atoms with van der Waals surface area (Å²) >= 11 is 0. The Morgan fingerprint density at radius 1 is 0.286 bits per heavy atom. The lowest BCUT2D eigenvalue weighted by Crippen LogP contribution is -1.97. The molecule has 3 aromatic heterocycles. The summed E-state index contributed by atoms with van der Waals surface area (Å²) in [5.74, 6) is 0.665. The van der Waals surface area contributed by atoms with Crippen molar-refractivity contribution in [3.8, 4) is 67.3 Å². The van der Waals surface area contributed by atoms with Crippen LogP contribution in [-0.2, 0) is 0 Å². The van der Waals surface area contributed by atoms with Crippen LogP contribution >= 0.6 is 0 Å². The summed E-state index contributed by atoms with van der Waals surface area (Å²) in [6, 6.07) is 67.4. The van der Waals surface area contributed by atoms with E-state index in [1.54, 1.807) is 0 Å². The average molecular weight is 717 g/mol. The fraction of sp³-hybridized carbons (Fsp3) is 0. The summed E-state index contributed by atoms with van der Waals surface area (Å²) in [6.45, 7) is 0. The molecule has 0 aliphatic heterocycles. The Bertz CT molecular complexity index is 3250. The molecule has 0 aliphatic rings. The van der Waals surface area contributed by atoms with Crippen LogP contribution in [0, 0.1) is 0 Å². The summed E-state index contributed by atoms with van der Waals surface area (Å²) in [5, 5.41) is 4.38. The minimum atomic E-state index is 0.665. The van der Waals surface area contributed by atoms with E-state index in [2.05, 4.69) is 146 Å². The fourth-order valence-corrected chi connectivity index (χ4v) is 8.03. The van der Waals surface area contributed by atoms with Gasteiger partial charge in [-0.1, -0.05) is 140 Å². The van der Waals surface area contributed by atoms with Gasteiger partial charge in [0.2, 0.25) is 0 Å². The molecule has 4 heteroatoms. The minimum absolute atomic E-state index is 0.665. The number of aromatic nitrogens is 2. The van der Waals surface area contributed by atoms with Gasteiger partial charge in [0.25, 0.3) is 0 Å². The molecule has 11 aromatic rings. The monoisotopic (exact) mass is 716 g/mol. The predicted octanol–water partition coefficient (Wildman–Crippen LogP) is 14.3. The van der Waals surface area contributed by atoms with Crippen molar-refractivity contribution in [3.63, 3.8) is 0 Å². The van der Waals surface area contributed by atoms with Crippen molar-refractivity contribution in [2.24, 2.45) is 0 Å². The van der Waals surface area contributed by atoms with E-state index < -0.39 is 0 Å². The smallest absolute Gasteiger partial charge is 0.160 e. The maximum atomic E-state index is 6.32. The molecule has 0 atom stereocenters. The van der Waals surface area contributed by atoms with Crippen LogP contribution in [0.5, 0.6) is 0 Å². The second-order valence-corrected chi connectivity index (χ2v) is 14.1. The molecule has 0 N–H and O–H groups in total. The highest BCUT2D eigenvalue weighted by Gasteiger charge is 2.19. The van der Waals surface area contributed by atoms with Crippen molar-refractivity contribution in [2.45, 2.75) is 0 Å². The van der Waals surface area contributed by atoms with Gasteiger partial charge < -0.3 is 8.83 Å². The zero-order valence-corrected chi connectivity index (χ0v) is 30.2. The molecule has 8 aromatic carbocycles. The highest BCUT2D eigenvalue weighted by Crippen LogP contribution is 2.42. The Kier molecular flexibility index (Phi) is 7.46. The molecule has 56 heavy (non-hydrogen) atoms. The summed E-state index contributed by atoms with van der Waals surface area (Å²) in [6.07, 6.45) is 0. The summed E-state index contributed by atoms with van der Waals surface area (Å²) in [5.41, 5.74) is 14.7. The van der Waals surface area contributed by atoms with Crippen LogP contribution in [-0.4, -0.2) is 9.97 Å². The van der Waals surface area contributed by atoms with Gasteiger partial charge in [-0.05, 0) is 88.0 Å². The Morgan fingerprint density at radius 3 is 1.64 bits per heavy atom. The van der Waals surface area contributed by atoms with Crippen molar-refractivity contribution in [1.82, 2.24) is 9.97 Å². The predicted molar refractivity (Wildman–Crippen MR) is 229 cm³/mol. The molecular weight excluding hydrogens is 685 g/mol. The fourth-order valence-electron chi connectivity index (χ4n) is 8.03. The summed E-state index contributed by atoms with van der Waals surface area (Å²) in [7, 11) is 0. The van der Waals surface area contributed by atoms with Gasteiger partial charge in [-0.2, -0.15) is 0 Å². The van der Waals surface area contributed by atoms with Gasteiger partial charge in [0.1, 0.15) is 22.3 Å². The molecule has 0 spiro atoms. The summed E-state index contributed by atoms with van der Waals surface area (Å²) < 4.78 is 12.5. The van der Waals surface area contributed by atoms with E-state index in [4.69, 9.17) is 18.8 Å². The van der Waals surface area contributed by atoms with E-state index in [0.29, 0.717) is 5.82 Å². The Labute approximate surface area is 323 Å². The molecule has 0 saturated carbocycles. The zero-order valence-electron chi connectivity index (χ0n) is 30.2. The quantitative estimate of drug-likeness (QED) is 0.172. The van der Waals surface area contributed by atoms with Gasteiger partial charge in [-0.3, -0.25) is 0 Å². The first-order valence-electron chi connectivity index (χ1n) is 18.8. The first-order valence-corrected chi connectivity index (χ1v) is 18.8. The summed E-state index contributed by atoms with van der Waals surface area (Å²) in [4.78, 5) is 10.6. The Hall–Kier alpha value is -7.56. The third kappa shape index (κ3) is 5.47. The van der Waals surface area contributed by atoms with Gasteiger partial charge >= 0.3 is 0 Å². The number of nitrogens with zero attached hydrogens (tertiary/aromatic N) is 2.